The fourth-order valence-electron chi connectivity index (χ4n) is 0.791. The number of hydrogen-bond acceptors (Lipinski definition) is 3. The lowest BCUT2D eigenvalue weighted by molar-refractivity contribution is -0.153. The van der Waals surface area contributed by atoms with Gasteiger partial charge in [0, 0.05) is 20.6 Å². The third-order valence-corrected chi connectivity index (χ3v) is 3.23. The van der Waals surface area contributed by atoms with Crippen molar-refractivity contribution in [1.29, 1.82) is 0 Å². The highest BCUT2D eigenvalue weighted by Gasteiger charge is 2.21. The van der Waals surface area contributed by atoms with E-state index in [1.54, 1.807) is 14.2 Å². The molecule has 0 aliphatic heterocycles. The van der Waals surface area contributed by atoms with Gasteiger partial charge in [0.2, 0.25) is 0 Å². The molecule has 0 aromatic carbocycles. The summed E-state index contributed by atoms with van der Waals surface area (Å²) in [6.45, 7) is 6.96. The van der Waals surface area contributed by atoms with Crippen molar-refractivity contribution >= 4 is 10.2 Å². The first-order valence-electron chi connectivity index (χ1n) is 4.36. The van der Waals surface area contributed by atoms with E-state index in [0.29, 0.717) is 13.2 Å². The van der Waals surface area contributed by atoms with Gasteiger partial charge in [-0.1, -0.05) is 12.2 Å². The molecule has 0 aliphatic carbocycles. The SMILES string of the molecule is C=C(C)COCCC([SiH3])(OC)OC. The van der Waals surface area contributed by atoms with E-state index >= 15 is 0 Å². The van der Waals surface area contributed by atoms with E-state index in [4.69, 9.17) is 14.2 Å². The van der Waals surface area contributed by atoms with Crippen molar-refractivity contribution in [2.75, 3.05) is 27.4 Å². The maximum absolute atomic E-state index is 5.36. The Balaban J connectivity index is 3.55. The molecule has 0 radical (unpaired) electrons. The molecule has 0 saturated heterocycles. The number of ether oxygens (including phenoxy) is 3. The Morgan fingerprint density at radius 1 is 1.38 bits per heavy atom. The van der Waals surface area contributed by atoms with Gasteiger partial charge < -0.3 is 14.2 Å². The fourth-order valence-corrected chi connectivity index (χ4v) is 0.996. The minimum atomic E-state index is -0.394. The van der Waals surface area contributed by atoms with E-state index in [1.807, 2.05) is 6.92 Å². The zero-order valence-corrected chi connectivity index (χ0v) is 11.1. The van der Waals surface area contributed by atoms with E-state index in [9.17, 15) is 0 Å². The molecule has 0 aliphatic rings. The van der Waals surface area contributed by atoms with Crippen LogP contribution in [0.3, 0.4) is 0 Å². The maximum Gasteiger partial charge on any atom is 0.143 e. The first-order chi connectivity index (χ1) is 6.04. The Morgan fingerprint density at radius 2 is 1.92 bits per heavy atom. The monoisotopic (exact) mass is 204 g/mol. The summed E-state index contributed by atoms with van der Waals surface area (Å²) in [5.74, 6) is 0. The number of hydrogen-bond donors (Lipinski definition) is 0. The van der Waals surface area contributed by atoms with E-state index < -0.39 is 5.41 Å². The van der Waals surface area contributed by atoms with Gasteiger partial charge in [-0.05, 0) is 6.92 Å². The molecule has 0 saturated carbocycles. The van der Waals surface area contributed by atoms with Crippen molar-refractivity contribution in [3.05, 3.63) is 12.2 Å². The van der Waals surface area contributed by atoms with Crippen molar-refractivity contribution in [1.82, 2.24) is 0 Å². The summed E-state index contributed by atoms with van der Waals surface area (Å²) in [7, 11) is 4.16. The first kappa shape index (κ1) is 12.8. The number of methoxy groups -OCH3 is 2. The predicted octanol–water partition coefficient (Wildman–Crippen LogP) is 0.281. The summed E-state index contributed by atoms with van der Waals surface area (Å²) in [6, 6.07) is 0. The van der Waals surface area contributed by atoms with Crippen LogP contribution in [-0.4, -0.2) is 43.1 Å². The Labute approximate surface area is 83.5 Å². The molecule has 0 spiro atoms. The molecule has 13 heavy (non-hydrogen) atoms. The molecule has 0 unspecified atom stereocenters. The highest BCUT2D eigenvalue weighted by molar-refractivity contribution is 6.13. The third kappa shape index (κ3) is 5.98. The lowest BCUT2D eigenvalue weighted by Crippen LogP contribution is -2.35. The van der Waals surface area contributed by atoms with Crippen LogP contribution in [0.5, 0.6) is 0 Å². The van der Waals surface area contributed by atoms with E-state index in [-0.39, 0.29) is 0 Å². The predicted molar refractivity (Wildman–Crippen MR) is 56.9 cm³/mol. The molecule has 0 rings (SSSR count). The smallest absolute Gasteiger partial charge is 0.143 e. The summed E-state index contributed by atoms with van der Waals surface area (Å²) in [4.78, 5) is 0. The minimum absolute atomic E-state index is 0.394. The van der Waals surface area contributed by atoms with Gasteiger partial charge in [-0.3, -0.25) is 0 Å². The fraction of sp³-hybridized carbons (Fsp3) is 0.778. The summed E-state index contributed by atoms with van der Waals surface area (Å²) >= 11 is 0. The summed E-state index contributed by atoms with van der Waals surface area (Å²) < 4.78 is 15.8. The van der Waals surface area contributed by atoms with Crippen LogP contribution in [0.15, 0.2) is 12.2 Å². The van der Waals surface area contributed by atoms with Gasteiger partial charge in [0.15, 0.2) is 0 Å². The average Bonchev–Trinajstić information content (AvgIpc) is 2.12. The molecule has 0 fully saturated rings. The van der Waals surface area contributed by atoms with Crippen molar-refractivity contribution < 1.29 is 14.2 Å². The van der Waals surface area contributed by atoms with Gasteiger partial charge in [0.1, 0.15) is 5.41 Å². The van der Waals surface area contributed by atoms with Crippen LogP contribution in [0, 0.1) is 0 Å². The number of rotatable bonds is 7. The first-order valence-corrected chi connectivity index (χ1v) is 5.36. The van der Waals surface area contributed by atoms with Gasteiger partial charge in [0.25, 0.3) is 0 Å². The normalized spacial score (nSPS) is 11.9. The van der Waals surface area contributed by atoms with Crippen LogP contribution < -0.4 is 0 Å². The van der Waals surface area contributed by atoms with E-state index in [1.165, 1.54) is 0 Å². The van der Waals surface area contributed by atoms with Crippen LogP contribution in [-0.2, 0) is 14.2 Å². The van der Waals surface area contributed by atoms with Crippen molar-refractivity contribution in [2.45, 2.75) is 18.8 Å². The Morgan fingerprint density at radius 3 is 2.31 bits per heavy atom. The molecule has 78 valence electrons. The van der Waals surface area contributed by atoms with Crippen LogP contribution in [0.25, 0.3) is 0 Å². The molecule has 0 bridgehead atoms. The summed E-state index contributed by atoms with van der Waals surface area (Å²) in [5.41, 5.74) is 0.642. The van der Waals surface area contributed by atoms with Gasteiger partial charge in [-0.2, -0.15) is 0 Å². The molecule has 0 aromatic heterocycles. The topological polar surface area (TPSA) is 27.7 Å². The van der Waals surface area contributed by atoms with Crippen LogP contribution in [0.1, 0.15) is 13.3 Å². The van der Waals surface area contributed by atoms with E-state index in [2.05, 4.69) is 6.58 Å². The maximum atomic E-state index is 5.36. The van der Waals surface area contributed by atoms with Crippen LogP contribution in [0.2, 0.25) is 0 Å². The summed E-state index contributed by atoms with van der Waals surface area (Å²) in [6.07, 6.45) is 0.777. The second kappa shape index (κ2) is 6.31. The second-order valence-corrected chi connectivity index (χ2v) is 4.83. The molecule has 0 N–H and O–H groups in total. The van der Waals surface area contributed by atoms with Gasteiger partial charge >= 0.3 is 0 Å². The zero-order chi connectivity index (χ0) is 10.3. The zero-order valence-electron chi connectivity index (χ0n) is 9.05. The lowest BCUT2D eigenvalue weighted by Gasteiger charge is -2.26. The summed E-state index contributed by atoms with van der Waals surface area (Å²) in [5, 5.41) is 0. The molecule has 0 amide bonds. The Bertz CT molecular complexity index is 155. The molecular weight excluding hydrogens is 184 g/mol. The lowest BCUT2D eigenvalue weighted by atomic mass is 10.4. The van der Waals surface area contributed by atoms with Gasteiger partial charge in [-0.25, -0.2) is 0 Å². The van der Waals surface area contributed by atoms with Gasteiger partial charge in [-0.15, -0.1) is 0 Å². The minimum Gasteiger partial charge on any atom is -0.377 e. The molecule has 0 heterocycles. The van der Waals surface area contributed by atoms with E-state index in [0.717, 1.165) is 22.2 Å². The Kier molecular flexibility index (Phi) is 6.24. The largest absolute Gasteiger partial charge is 0.377 e. The second-order valence-electron chi connectivity index (χ2n) is 3.30. The van der Waals surface area contributed by atoms with Gasteiger partial charge in [0.05, 0.1) is 23.5 Å². The molecule has 0 atom stereocenters. The van der Waals surface area contributed by atoms with Crippen molar-refractivity contribution in [3.8, 4) is 0 Å². The third-order valence-electron chi connectivity index (χ3n) is 1.91. The molecular formula is C9H20O3Si. The van der Waals surface area contributed by atoms with Crippen molar-refractivity contribution in [2.24, 2.45) is 0 Å². The standard InChI is InChI=1S/C9H20O3Si/c1-8(2)7-12-6-5-9(13,10-3)11-4/h1,5-7H2,2-4,13H3. The highest BCUT2D eigenvalue weighted by Crippen LogP contribution is 2.10. The van der Waals surface area contributed by atoms with Crippen LogP contribution in [0.4, 0.5) is 0 Å². The highest BCUT2D eigenvalue weighted by atomic mass is 28.1. The van der Waals surface area contributed by atoms with Crippen LogP contribution >= 0.6 is 0 Å². The average molecular weight is 204 g/mol. The van der Waals surface area contributed by atoms with Crippen molar-refractivity contribution in [3.63, 3.8) is 0 Å². The molecule has 4 heteroatoms. The Hall–Kier alpha value is -0.163. The quantitative estimate of drug-likeness (QED) is 0.258. The molecule has 3 nitrogen and oxygen atoms in total. The molecule has 0 aromatic rings.